The van der Waals surface area contributed by atoms with E-state index in [-0.39, 0.29) is 47.9 Å². The summed E-state index contributed by atoms with van der Waals surface area (Å²) in [4.78, 5) is 17.0. The maximum Gasteiger partial charge on any atom is 0.164 e. The van der Waals surface area contributed by atoms with E-state index in [2.05, 4.69) is 89.8 Å². The Morgan fingerprint density at radius 2 is 1.48 bits per heavy atom. The van der Waals surface area contributed by atoms with E-state index in [1.807, 2.05) is 59.1 Å². The number of hydrogen-bond acceptors (Lipinski definition) is 4. The van der Waals surface area contributed by atoms with Crippen LogP contribution in [0, 0.1) is 23.8 Å². The van der Waals surface area contributed by atoms with Gasteiger partial charge in [-0.05, 0) is 59.5 Å². The molecule has 0 unspecified atom stereocenters. The number of benzene rings is 2. The number of aromatic nitrogens is 1. The standard InChI is InChI=1S/C25H28NSSi.C15H28O2.Ir/c1-16-19-12-13-26-22(23(19)27-24(16)28(5,6)7)18-14-17-10-8-9-11-20(17)21(15-18)25(2,3)4;1-7-14(5,8-2)12(16)11-13(17)15(6,9-3)10-4;/h8-13,15H,1-7H3;11,16H,7-10H2,1-6H3;/q-1;;/b;12-11-;. The second kappa shape index (κ2) is 15.4. The van der Waals surface area contributed by atoms with E-state index < -0.39 is 8.07 Å². The van der Waals surface area contributed by atoms with Crippen molar-refractivity contribution in [2.45, 2.75) is 120 Å². The molecule has 4 aromatic rings. The van der Waals surface area contributed by atoms with Gasteiger partial charge in [0, 0.05) is 53.6 Å². The predicted molar refractivity (Wildman–Crippen MR) is 201 cm³/mol. The molecule has 4 rings (SSSR count). The van der Waals surface area contributed by atoms with Crippen LogP contribution < -0.4 is 4.50 Å². The van der Waals surface area contributed by atoms with Crippen LogP contribution in [0.1, 0.15) is 99.1 Å². The van der Waals surface area contributed by atoms with Gasteiger partial charge in [0.25, 0.3) is 0 Å². The van der Waals surface area contributed by atoms with Gasteiger partial charge in [-0.25, -0.2) is 0 Å². The van der Waals surface area contributed by atoms with E-state index in [9.17, 15) is 9.90 Å². The summed E-state index contributed by atoms with van der Waals surface area (Å²) in [7, 11) is -1.39. The Bertz CT molecular complexity index is 1680. The number of thiophene rings is 1. The Kier molecular flexibility index (Phi) is 13.4. The molecular weight excluding hydrogens is 779 g/mol. The number of carbonyl (C=O) groups excluding carboxylic acids is 1. The molecule has 2 heterocycles. The van der Waals surface area contributed by atoms with Crippen molar-refractivity contribution in [1.82, 2.24) is 4.98 Å². The van der Waals surface area contributed by atoms with Gasteiger partial charge in [0.1, 0.15) is 5.76 Å². The van der Waals surface area contributed by atoms with E-state index in [1.54, 1.807) is 4.50 Å². The molecule has 0 aliphatic carbocycles. The number of pyridine rings is 1. The summed E-state index contributed by atoms with van der Waals surface area (Å²) in [5.41, 5.74) is 4.44. The van der Waals surface area contributed by atoms with Crippen molar-refractivity contribution < 1.29 is 30.0 Å². The third-order valence-corrected chi connectivity index (χ3v) is 15.0. The quantitative estimate of drug-likeness (QED) is 0.0791. The topological polar surface area (TPSA) is 50.2 Å². The van der Waals surface area contributed by atoms with Crippen molar-refractivity contribution in [3.05, 3.63) is 71.6 Å². The van der Waals surface area contributed by atoms with Gasteiger partial charge in [0.15, 0.2) is 5.78 Å². The van der Waals surface area contributed by atoms with Crippen molar-refractivity contribution in [3.63, 3.8) is 0 Å². The fraction of sp³-hybridized carbons (Fsp3) is 0.500. The second-order valence-corrected chi connectivity index (χ2v) is 21.5. The number of aryl methyl sites for hydroxylation is 1. The predicted octanol–water partition coefficient (Wildman–Crippen LogP) is 11.7. The molecule has 0 saturated carbocycles. The molecule has 2 aromatic carbocycles. The van der Waals surface area contributed by atoms with E-state index in [0.29, 0.717) is 0 Å². The first-order chi connectivity index (χ1) is 20.9. The third-order valence-electron chi connectivity index (χ3n) is 9.98. The minimum Gasteiger partial charge on any atom is -0.512 e. The Morgan fingerprint density at radius 1 is 0.913 bits per heavy atom. The van der Waals surface area contributed by atoms with Gasteiger partial charge < -0.3 is 5.11 Å². The fourth-order valence-electron chi connectivity index (χ4n) is 5.72. The number of aliphatic hydroxyl groups is 1. The van der Waals surface area contributed by atoms with Crippen LogP contribution in [0.3, 0.4) is 0 Å². The van der Waals surface area contributed by atoms with E-state index in [0.717, 1.165) is 36.9 Å². The zero-order valence-corrected chi connectivity index (χ0v) is 34.7. The molecule has 0 aliphatic heterocycles. The summed E-state index contributed by atoms with van der Waals surface area (Å²) < 4.78 is 2.89. The number of allylic oxidation sites excluding steroid dienone is 2. The summed E-state index contributed by atoms with van der Waals surface area (Å²) in [6.07, 6.45) is 6.72. The first-order valence-corrected chi connectivity index (χ1v) is 21.0. The zero-order valence-electron chi connectivity index (χ0n) is 30.5. The monoisotopic (exact) mass is 835 g/mol. The molecule has 0 atom stereocenters. The van der Waals surface area contributed by atoms with Gasteiger partial charge in [-0.1, -0.05) is 111 Å². The van der Waals surface area contributed by atoms with Crippen molar-refractivity contribution in [2.24, 2.45) is 10.8 Å². The van der Waals surface area contributed by atoms with Crippen LogP contribution in [-0.2, 0) is 30.3 Å². The smallest absolute Gasteiger partial charge is 0.164 e. The number of aliphatic hydroxyl groups excluding tert-OH is 1. The van der Waals surface area contributed by atoms with Crippen LogP contribution in [0.2, 0.25) is 19.6 Å². The molecule has 1 N–H and O–H groups in total. The first kappa shape index (κ1) is 40.1. The molecule has 46 heavy (non-hydrogen) atoms. The molecular formula is C40H56IrNO2SSi-. The molecule has 0 fully saturated rings. The van der Waals surface area contributed by atoms with Gasteiger partial charge in [-0.2, -0.15) is 11.3 Å². The van der Waals surface area contributed by atoms with Gasteiger partial charge in [-0.3, -0.25) is 9.78 Å². The SMILES string of the molecule is CCC(C)(CC)C(=O)/C=C(\O)C(C)(CC)CC.Cc1c([Si](C)(C)C)sc2c(-c3[c-]c4ccccc4c(C(C)(C)C)c3)nccc12.[Ir]. The van der Waals surface area contributed by atoms with Crippen molar-refractivity contribution >= 4 is 50.6 Å². The van der Waals surface area contributed by atoms with Crippen LogP contribution in [0.25, 0.3) is 32.1 Å². The Hall–Kier alpha value is -2.11. The summed E-state index contributed by atoms with van der Waals surface area (Å²) in [6.45, 7) is 28.5. The van der Waals surface area contributed by atoms with E-state index >= 15 is 0 Å². The molecule has 253 valence electrons. The first-order valence-electron chi connectivity index (χ1n) is 16.7. The number of nitrogens with zero attached hydrogens (tertiary/aromatic N) is 1. The number of fused-ring (bicyclic) bond motifs is 2. The number of carbonyl (C=O) groups is 1. The number of hydrogen-bond donors (Lipinski definition) is 1. The van der Waals surface area contributed by atoms with Crippen molar-refractivity contribution in [1.29, 1.82) is 0 Å². The molecule has 1 radical (unpaired) electrons. The van der Waals surface area contributed by atoms with Crippen LogP contribution >= 0.6 is 11.3 Å². The average Bonchev–Trinajstić information content (AvgIpc) is 3.36. The van der Waals surface area contributed by atoms with Gasteiger partial charge in [-0.15, -0.1) is 29.1 Å². The molecule has 0 aliphatic rings. The molecule has 0 saturated heterocycles. The van der Waals surface area contributed by atoms with E-state index in [4.69, 9.17) is 4.98 Å². The van der Waals surface area contributed by atoms with E-state index in [1.165, 1.54) is 38.1 Å². The summed E-state index contributed by atoms with van der Waals surface area (Å²) in [6, 6.07) is 16.8. The molecule has 3 nitrogen and oxygen atoms in total. The third kappa shape index (κ3) is 8.48. The summed E-state index contributed by atoms with van der Waals surface area (Å²) >= 11 is 1.95. The summed E-state index contributed by atoms with van der Waals surface area (Å²) in [5, 5.41) is 13.9. The maximum absolute atomic E-state index is 12.2. The molecule has 0 spiro atoms. The van der Waals surface area contributed by atoms with Crippen LogP contribution in [0.15, 0.2) is 54.4 Å². The Labute approximate surface area is 297 Å². The Balaban J connectivity index is 0.000000356. The minimum atomic E-state index is -1.39. The largest absolute Gasteiger partial charge is 0.512 e. The van der Waals surface area contributed by atoms with Gasteiger partial charge in [0.05, 0.1) is 8.07 Å². The van der Waals surface area contributed by atoms with Gasteiger partial charge >= 0.3 is 0 Å². The average molecular weight is 835 g/mol. The van der Waals surface area contributed by atoms with Crippen molar-refractivity contribution in [3.8, 4) is 11.3 Å². The molecule has 0 amide bonds. The van der Waals surface area contributed by atoms with Crippen LogP contribution in [0.4, 0.5) is 0 Å². The molecule has 0 bridgehead atoms. The van der Waals surface area contributed by atoms with Crippen molar-refractivity contribution in [2.75, 3.05) is 0 Å². The maximum atomic E-state index is 12.2. The fourth-order valence-corrected chi connectivity index (χ4v) is 9.57. The molecule has 2 aromatic heterocycles. The zero-order chi connectivity index (χ0) is 34.0. The minimum absolute atomic E-state index is 0. The normalized spacial score (nSPS) is 12.9. The second-order valence-electron chi connectivity index (χ2n) is 15.2. The van der Waals surface area contributed by atoms with Crippen LogP contribution in [0.5, 0.6) is 0 Å². The Morgan fingerprint density at radius 3 is 2.00 bits per heavy atom. The summed E-state index contributed by atoms with van der Waals surface area (Å²) in [5.74, 6) is 0.286. The molecule has 6 heteroatoms. The number of rotatable bonds is 9. The number of ketones is 1. The van der Waals surface area contributed by atoms with Gasteiger partial charge in [0.2, 0.25) is 0 Å². The van der Waals surface area contributed by atoms with Crippen LogP contribution in [-0.4, -0.2) is 23.9 Å².